The molecule has 0 spiro atoms. The molecule has 1 N–H and O–H groups in total. The molecule has 1 aliphatic carbocycles. The Morgan fingerprint density at radius 3 is 2.15 bits per heavy atom. The molecule has 0 unspecified atom stereocenters. The van der Waals surface area contributed by atoms with Crippen LogP contribution >= 0.6 is 0 Å². The van der Waals surface area contributed by atoms with E-state index in [-0.39, 0.29) is 23.0 Å². The topological polar surface area (TPSA) is 55.4 Å². The first-order chi connectivity index (χ1) is 18.8. The Morgan fingerprint density at radius 1 is 0.872 bits per heavy atom. The third-order valence-corrected chi connectivity index (χ3v) is 8.32. The van der Waals surface area contributed by atoms with Gasteiger partial charge in [0.1, 0.15) is 17.3 Å². The number of amides is 1. The molecule has 3 aromatic rings. The van der Waals surface area contributed by atoms with Crippen LogP contribution in [-0.4, -0.2) is 11.7 Å². The summed E-state index contributed by atoms with van der Waals surface area (Å²) in [5.41, 5.74) is 4.75. The second-order valence-corrected chi connectivity index (χ2v) is 12.4. The second kappa shape index (κ2) is 11.8. The molecule has 1 aliphatic heterocycles. The molecule has 0 bridgehead atoms. The Bertz CT molecular complexity index is 1280. The van der Waals surface area contributed by atoms with Crippen LogP contribution in [0.5, 0.6) is 11.5 Å². The standard InChI is InChI=1S/C35H41NO3/c1-35(2,3)30-20-18-25(21-26(37)19-17-24-11-5-4-6-12-24)22-31(30)36-34(38)23-29-27-13-7-9-15-32(27)39-33-16-10-8-14-28(29)33/h7-10,13-16,18,20,22,24,29H,4-6,11-12,17,19,21,23H2,1-3H3,(H,36,38). The number of ketones is 1. The lowest BCUT2D eigenvalue weighted by atomic mass is 9.83. The van der Waals surface area contributed by atoms with E-state index in [1.54, 1.807) is 0 Å². The molecule has 1 heterocycles. The molecule has 204 valence electrons. The van der Waals surface area contributed by atoms with Gasteiger partial charge in [-0.2, -0.15) is 0 Å². The molecule has 1 fully saturated rings. The van der Waals surface area contributed by atoms with Crippen molar-refractivity contribution < 1.29 is 14.3 Å². The summed E-state index contributed by atoms with van der Waals surface area (Å²) in [6, 6.07) is 22.1. The lowest BCUT2D eigenvalue weighted by Gasteiger charge is -2.28. The third-order valence-electron chi connectivity index (χ3n) is 8.32. The number of para-hydroxylation sites is 2. The van der Waals surface area contributed by atoms with Crippen LogP contribution in [0.4, 0.5) is 5.69 Å². The summed E-state index contributed by atoms with van der Waals surface area (Å²) >= 11 is 0. The number of Topliss-reactive ketones (excluding diaryl/α,β-unsaturated/α-hetero) is 1. The number of carbonyl (C=O) groups is 2. The van der Waals surface area contributed by atoms with Gasteiger partial charge in [0.2, 0.25) is 5.91 Å². The Labute approximate surface area is 233 Å². The Hall–Kier alpha value is -3.40. The van der Waals surface area contributed by atoms with E-state index in [0.29, 0.717) is 25.2 Å². The summed E-state index contributed by atoms with van der Waals surface area (Å²) in [5.74, 6) is 2.47. The monoisotopic (exact) mass is 523 g/mol. The number of hydrogen-bond donors (Lipinski definition) is 1. The summed E-state index contributed by atoms with van der Waals surface area (Å²) in [4.78, 5) is 26.4. The molecular weight excluding hydrogens is 482 g/mol. The summed E-state index contributed by atoms with van der Waals surface area (Å²) < 4.78 is 6.12. The number of rotatable bonds is 8. The van der Waals surface area contributed by atoms with E-state index in [1.165, 1.54) is 32.1 Å². The largest absolute Gasteiger partial charge is 0.457 e. The molecule has 0 aromatic heterocycles. The molecule has 39 heavy (non-hydrogen) atoms. The van der Waals surface area contributed by atoms with Crippen molar-refractivity contribution in [2.45, 2.75) is 89.9 Å². The number of ether oxygens (including phenoxy) is 1. The van der Waals surface area contributed by atoms with Gasteiger partial charge in [0.05, 0.1) is 0 Å². The number of benzene rings is 3. The zero-order valence-electron chi connectivity index (χ0n) is 23.6. The number of anilines is 1. The van der Waals surface area contributed by atoms with Gasteiger partial charge in [-0.15, -0.1) is 0 Å². The first-order valence-corrected chi connectivity index (χ1v) is 14.6. The highest BCUT2D eigenvalue weighted by Crippen LogP contribution is 2.45. The molecule has 1 saturated carbocycles. The van der Waals surface area contributed by atoms with E-state index in [4.69, 9.17) is 4.74 Å². The average molecular weight is 524 g/mol. The van der Waals surface area contributed by atoms with Gasteiger partial charge in [0.25, 0.3) is 0 Å². The van der Waals surface area contributed by atoms with Crippen molar-refractivity contribution in [3.05, 3.63) is 89.0 Å². The minimum atomic E-state index is -0.149. The van der Waals surface area contributed by atoms with Gasteiger partial charge in [-0.1, -0.05) is 101 Å². The molecule has 0 radical (unpaired) electrons. The van der Waals surface area contributed by atoms with Crippen LogP contribution in [0.15, 0.2) is 66.7 Å². The first-order valence-electron chi connectivity index (χ1n) is 14.6. The van der Waals surface area contributed by atoms with E-state index in [0.717, 1.165) is 45.9 Å². The minimum absolute atomic E-state index is 0.0437. The van der Waals surface area contributed by atoms with Gasteiger partial charge in [0.15, 0.2) is 0 Å². The minimum Gasteiger partial charge on any atom is -0.457 e. The Morgan fingerprint density at radius 2 is 1.51 bits per heavy atom. The predicted octanol–water partition coefficient (Wildman–Crippen LogP) is 8.72. The zero-order chi connectivity index (χ0) is 27.4. The van der Waals surface area contributed by atoms with Crippen LogP contribution in [0.3, 0.4) is 0 Å². The van der Waals surface area contributed by atoms with Crippen molar-refractivity contribution in [1.29, 1.82) is 0 Å². The van der Waals surface area contributed by atoms with E-state index < -0.39 is 0 Å². The number of nitrogens with one attached hydrogen (secondary N) is 1. The zero-order valence-corrected chi connectivity index (χ0v) is 23.6. The number of fused-ring (bicyclic) bond motifs is 2. The molecular formula is C35H41NO3. The molecule has 0 atom stereocenters. The quantitative estimate of drug-likeness (QED) is 0.321. The Balaban J connectivity index is 1.32. The van der Waals surface area contributed by atoms with Gasteiger partial charge < -0.3 is 10.1 Å². The van der Waals surface area contributed by atoms with E-state index in [9.17, 15) is 9.59 Å². The fourth-order valence-electron chi connectivity index (χ4n) is 6.23. The summed E-state index contributed by atoms with van der Waals surface area (Å²) in [6.45, 7) is 6.45. The third kappa shape index (κ3) is 6.61. The molecule has 4 heteroatoms. The molecule has 4 nitrogen and oxygen atoms in total. The Kier molecular flexibility index (Phi) is 8.20. The fourth-order valence-corrected chi connectivity index (χ4v) is 6.23. The van der Waals surface area contributed by atoms with Crippen LogP contribution in [0.1, 0.15) is 100 Å². The molecule has 2 aliphatic rings. The van der Waals surface area contributed by atoms with Crippen molar-refractivity contribution in [2.75, 3.05) is 5.32 Å². The van der Waals surface area contributed by atoms with Gasteiger partial charge in [-0.25, -0.2) is 0 Å². The van der Waals surface area contributed by atoms with Gasteiger partial charge in [-0.05, 0) is 47.1 Å². The number of carbonyl (C=O) groups excluding carboxylic acids is 2. The second-order valence-electron chi connectivity index (χ2n) is 12.4. The van der Waals surface area contributed by atoms with E-state index in [2.05, 4.69) is 38.2 Å². The maximum Gasteiger partial charge on any atom is 0.225 e. The van der Waals surface area contributed by atoms with E-state index >= 15 is 0 Å². The average Bonchev–Trinajstić information content (AvgIpc) is 2.92. The highest BCUT2D eigenvalue weighted by molar-refractivity contribution is 5.93. The summed E-state index contributed by atoms with van der Waals surface area (Å²) in [7, 11) is 0. The summed E-state index contributed by atoms with van der Waals surface area (Å²) in [6.07, 6.45) is 8.88. The van der Waals surface area contributed by atoms with Crippen molar-refractivity contribution in [2.24, 2.45) is 5.92 Å². The summed E-state index contributed by atoms with van der Waals surface area (Å²) in [5, 5.41) is 3.23. The van der Waals surface area contributed by atoms with Crippen LogP contribution in [0.25, 0.3) is 0 Å². The van der Waals surface area contributed by atoms with Crippen LogP contribution < -0.4 is 10.1 Å². The first kappa shape index (κ1) is 27.2. The maximum absolute atomic E-state index is 13.6. The molecule has 1 amide bonds. The van der Waals surface area contributed by atoms with Crippen LogP contribution in [0, 0.1) is 5.92 Å². The van der Waals surface area contributed by atoms with Crippen molar-refractivity contribution in [3.8, 4) is 11.5 Å². The van der Waals surface area contributed by atoms with Crippen molar-refractivity contribution >= 4 is 17.4 Å². The van der Waals surface area contributed by atoms with Crippen LogP contribution in [-0.2, 0) is 21.4 Å². The highest BCUT2D eigenvalue weighted by atomic mass is 16.5. The highest BCUT2D eigenvalue weighted by Gasteiger charge is 2.29. The van der Waals surface area contributed by atoms with Crippen molar-refractivity contribution in [3.63, 3.8) is 0 Å². The lowest BCUT2D eigenvalue weighted by Crippen LogP contribution is -2.22. The van der Waals surface area contributed by atoms with Gasteiger partial charge in [-0.3, -0.25) is 9.59 Å². The molecule has 0 saturated heterocycles. The lowest BCUT2D eigenvalue weighted by molar-refractivity contribution is -0.119. The predicted molar refractivity (Wildman–Crippen MR) is 158 cm³/mol. The van der Waals surface area contributed by atoms with Gasteiger partial charge >= 0.3 is 0 Å². The fraction of sp³-hybridized carbons (Fsp3) is 0.429. The van der Waals surface area contributed by atoms with Crippen molar-refractivity contribution in [1.82, 2.24) is 0 Å². The maximum atomic E-state index is 13.6. The smallest absolute Gasteiger partial charge is 0.225 e. The SMILES string of the molecule is CC(C)(C)c1ccc(CC(=O)CCC2CCCCC2)cc1NC(=O)CC1c2ccccc2Oc2ccccc21. The van der Waals surface area contributed by atoms with Gasteiger partial charge in [0, 0.05) is 42.0 Å². The molecule has 5 rings (SSSR count). The molecule has 3 aromatic carbocycles. The normalized spacial score (nSPS) is 15.7. The van der Waals surface area contributed by atoms with E-state index in [1.807, 2.05) is 54.6 Å². The number of hydrogen-bond acceptors (Lipinski definition) is 3. The van der Waals surface area contributed by atoms with Crippen LogP contribution in [0.2, 0.25) is 0 Å².